The lowest BCUT2D eigenvalue weighted by Gasteiger charge is -2.26. The molecule has 7 heteroatoms. The van der Waals surface area contributed by atoms with Crippen LogP contribution in [0.4, 0.5) is 0 Å². The number of Topliss-reactive ketones (excluding diaryl/α,β-unsaturated/α-hetero) is 1. The zero-order chi connectivity index (χ0) is 25.4. The van der Waals surface area contributed by atoms with Gasteiger partial charge in [0.05, 0.1) is 11.4 Å². The van der Waals surface area contributed by atoms with E-state index in [0.29, 0.717) is 11.4 Å². The number of carbonyl (C=O) groups is 1. The molecule has 36 heavy (non-hydrogen) atoms. The first-order valence-corrected chi connectivity index (χ1v) is 12.4. The van der Waals surface area contributed by atoms with Crippen LogP contribution in [0.25, 0.3) is 11.4 Å². The van der Waals surface area contributed by atoms with E-state index in [4.69, 9.17) is 12.2 Å². The first kappa shape index (κ1) is 23.9. The number of ketones is 1. The number of hydrogen-bond donors (Lipinski definition) is 2. The molecule has 5 rings (SSSR count). The average molecular weight is 498 g/mol. The van der Waals surface area contributed by atoms with Gasteiger partial charge in [-0.1, -0.05) is 60.7 Å². The predicted octanol–water partition coefficient (Wildman–Crippen LogP) is 5.14. The summed E-state index contributed by atoms with van der Waals surface area (Å²) in [6.07, 6.45) is 0.919. The highest BCUT2D eigenvalue weighted by atomic mass is 32.1. The van der Waals surface area contributed by atoms with E-state index in [0.717, 1.165) is 29.7 Å². The molecule has 0 spiro atoms. The topological polar surface area (TPSA) is 76.3 Å². The van der Waals surface area contributed by atoms with Crippen molar-refractivity contribution in [2.45, 2.75) is 32.7 Å². The molecular weight excluding hydrogens is 470 g/mol. The minimum Gasteiger partial charge on any atom is -0.493 e. The molecule has 2 N–H and O–H groups in total. The summed E-state index contributed by atoms with van der Waals surface area (Å²) in [5.74, 6) is -0.871. The monoisotopic (exact) mass is 497 g/mol. The molecule has 0 saturated carbocycles. The Morgan fingerprint density at radius 2 is 1.53 bits per heavy atom. The maximum Gasteiger partial charge on any atom is 0.273 e. The zero-order valence-electron chi connectivity index (χ0n) is 20.2. The van der Waals surface area contributed by atoms with Gasteiger partial charge < -0.3 is 10.4 Å². The van der Waals surface area contributed by atoms with Crippen LogP contribution in [0.5, 0.6) is 5.88 Å². The van der Waals surface area contributed by atoms with Gasteiger partial charge in [0.1, 0.15) is 5.56 Å². The van der Waals surface area contributed by atoms with Crippen LogP contribution in [0.3, 0.4) is 0 Å². The molecule has 0 aliphatic carbocycles. The Hall–Kier alpha value is -3.81. The van der Waals surface area contributed by atoms with E-state index in [9.17, 15) is 14.7 Å². The molecule has 0 unspecified atom stereocenters. The first-order valence-electron chi connectivity index (χ1n) is 12.0. The molecule has 4 aromatic rings. The summed E-state index contributed by atoms with van der Waals surface area (Å²) in [5, 5.41) is 14.8. The molecule has 0 saturated heterocycles. The highest BCUT2D eigenvalue weighted by Gasteiger charge is 2.29. The lowest BCUT2D eigenvalue weighted by atomic mass is 9.90. The smallest absolute Gasteiger partial charge is 0.273 e. The van der Waals surface area contributed by atoms with Crippen molar-refractivity contribution in [3.8, 4) is 17.3 Å². The van der Waals surface area contributed by atoms with Crippen molar-refractivity contribution in [2.24, 2.45) is 0 Å². The van der Waals surface area contributed by atoms with Gasteiger partial charge in [-0.2, -0.15) is 0 Å². The van der Waals surface area contributed by atoms with Gasteiger partial charge >= 0.3 is 0 Å². The summed E-state index contributed by atoms with van der Waals surface area (Å²) in [7, 11) is 0. The summed E-state index contributed by atoms with van der Waals surface area (Å²) in [6, 6.07) is 22.5. The maximum atomic E-state index is 13.8. The Kier molecular flexibility index (Phi) is 6.43. The number of aromatic hydroxyl groups is 1. The number of aryl methyl sites for hydroxylation is 2. The van der Waals surface area contributed by atoms with E-state index in [-0.39, 0.29) is 22.8 Å². The van der Waals surface area contributed by atoms with Crippen molar-refractivity contribution in [2.75, 3.05) is 6.54 Å². The van der Waals surface area contributed by atoms with E-state index in [1.807, 2.05) is 74.5 Å². The van der Waals surface area contributed by atoms with Crippen molar-refractivity contribution in [3.63, 3.8) is 0 Å². The van der Waals surface area contributed by atoms with Crippen LogP contribution in [0.1, 0.15) is 45.1 Å². The Morgan fingerprint density at radius 3 is 2.19 bits per heavy atom. The quantitative estimate of drug-likeness (QED) is 0.295. The number of nitrogens with one attached hydrogen (secondary N) is 1. The molecule has 2 heterocycles. The molecule has 182 valence electrons. The van der Waals surface area contributed by atoms with Crippen molar-refractivity contribution in [3.05, 3.63) is 116 Å². The van der Waals surface area contributed by atoms with Gasteiger partial charge in [0.2, 0.25) is 5.88 Å². The molecular formula is C29H27N3O3S. The van der Waals surface area contributed by atoms with Crippen LogP contribution in [0.15, 0.2) is 77.6 Å². The maximum absolute atomic E-state index is 13.8. The standard InChI is InChI=1S/C29H27N3O3S/c1-18-9-3-7-13-23(18)31-27(34)26(28(35)32(29(31)36)24-14-8-4-10-19(24)2)25(33)17-22-21-12-6-5-11-20(21)15-16-30-22/h3-14,22,30,34H,15-17H2,1-2H3/t22-/m0/s1. The molecule has 1 aromatic heterocycles. The highest BCUT2D eigenvalue weighted by Crippen LogP contribution is 2.30. The van der Waals surface area contributed by atoms with E-state index < -0.39 is 17.2 Å². The van der Waals surface area contributed by atoms with Gasteiger partial charge in [0.25, 0.3) is 5.56 Å². The Balaban J connectivity index is 1.72. The molecule has 0 radical (unpaired) electrons. The summed E-state index contributed by atoms with van der Waals surface area (Å²) in [4.78, 5) is 27.6. The largest absolute Gasteiger partial charge is 0.493 e. The molecule has 0 amide bonds. The molecule has 1 aliphatic heterocycles. The van der Waals surface area contributed by atoms with Gasteiger partial charge in [0, 0.05) is 12.5 Å². The molecule has 0 bridgehead atoms. The van der Waals surface area contributed by atoms with Crippen LogP contribution in [0, 0.1) is 18.6 Å². The van der Waals surface area contributed by atoms with Crippen LogP contribution in [0.2, 0.25) is 0 Å². The molecule has 6 nitrogen and oxygen atoms in total. The fraction of sp³-hybridized carbons (Fsp3) is 0.207. The van der Waals surface area contributed by atoms with Gasteiger partial charge in [0.15, 0.2) is 10.6 Å². The number of carbonyl (C=O) groups excluding carboxylic acids is 1. The van der Waals surface area contributed by atoms with Crippen molar-refractivity contribution >= 4 is 18.0 Å². The number of benzene rings is 3. The van der Waals surface area contributed by atoms with Crippen LogP contribution in [-0.2, 0) is 6.42 Å². The van der Waals surface area contributed by atoms with E-state index in [1.54, 1.807) is 6.07 Å². The Morgan fingerprint density at radius 1 is 0.944 bits per heavy atom. The summed E-state index contributed by atoms with van der Waals surface area (Å²) < 4.78 is 2.87. The SMILES string of the molecule is Cc1ccccc1-n1c(O)c(C(=O)C[C@@H]2NCCc3ccccc32)c(=O)n(-c2ccccc2C)c1=S. The van der Waals surface area contributed by atoms with Crippen molar-refractivity contribution < 1.29 is 9.90 Å². The molecule has 1 aliphatic rings. The molecule has 0 fully saturated rings. The number of para-hydroxylation sites is 2. The number of aromatic nitrogens is 2. The normalized spacial score (nSPS) is 14.9. The van der Waals surface area contributed by atoms with Gasteiger partial charge in [-0.05, 0) is 73.4 Å². The first-order chi connectivity index (χ1) is 17.4. The second-order valence-electron chi connectivity index (χ2n) is 9.11. The lowest BCUT2D eigenvalue weighted by molar-refractivity contribution is 0.0961. The predicted molar refractivity (Wildman–Crippen MR) is 143 cm³/mol. The third kappa shape index (κ3) is 4.10. The van der Waals surface area contributed by atoms with E-state index in [2.05, 4.69) is 11.4 Å². The van der Waals surface area contributed by atoms with Crippen molar-refractivity contribution in [1.29, 1.82) is 0 Å². The highest BCUT2D eigenvalue weighted by molar-refractivity contribution is 7.71. The van der Waals surface area contributed by atoms with Gasteiger partial charge in [-0.3, -0.25) is 18.7 Å². The minimum absolute atomic E-state index is 0.0398. The lowest BCUT2D eigenvalue weighted by Crippen LogP contribution is -2.34. The summed E-state index contributed by atoms with van der Waals surface area (Å²) >= 11 is 5.75. The Bertz CT molecular complexity index is 1600. The minimum atomic E-state index is -0.620. The second kappa shape index (κ2) is 9.68. The van der Waals surface area contributed by atoms with E-state index >= 15 is 0 Å². The number of rotatable bonds is 5. The third-order valence-corrected chi connectivity index (χ3v) is 7.20. The molecule has 1 atom stereocenters. The number of nitrogens with zero attached hydrogens (tertiary/aromatic N) is 2. The average Bonchev–Trinajstić information content (AvgIpc) is 2.86. The zero-order valence-corrected chi connectivity index (χ0v) is 21.0. The number of fused-ring (bicyclic) bond motifs is 1. The number of hydrogen-bond acceptors (Lipinski definition) is 5. The summed E-state index contributed by atoms with van der Waals surface area (Å²) in [5.41, 5.74) is 4.20. The van der Waals surface area contributed by atoms with Gasteiger partial charge in [-0.15, -0.1) is 0 Å². The molecule has 3 aromatic carbocycles. The fourth-order valence-electron chi connectivity index (χ4n) is 4.96. The van der Waals surface area contributed by atoms with E-state index in [1.165, 1.54) is 14.7 Å². The summed E-state index contributed by atoms with van der Waals surface area (Å²) in [6.45, 7) is 4.51. The van der Waals surface area contributed by atoms with Gasteiger partial charge in [-0.25, -0.2) is 0 Å². The van der Waals surface area contributed by atoms with Crippen LogP contribution < -0.4 is 10.9 Å². The van der Waals surface area contributed by atoms with Crippen LogP contribution in [-0.4, -0.2) is 26.6 Å². The Labute approximate surface area is 214 Å². The van der Waals surface area contributed by atoms with Crippen molar-refractivity contribution in [1.82, 2.24) is 14.5 Å². The fourth-order valence-corrected chi connectivity index (χ4v) is 5.33. The third-order valence-electron chi connectivity index (χ3n) is 6.83. The second-order valence-corrected chi connectivity index (χ2v) is 9.48. The van der Waals surface area contributed by atoms with Crippen LogP contribution >= 0.6 is 12.2 Å².